The third-order valence-electron chi connectivity index (χ3n) is 5.89. The average molecular weight is 674 g/mol. The number of azide groups is 1. The standard InChI is InChI=1S/C16H24N8O15P2.2Na/c17-16-21-12-6(13(30)22-16)19-3-24(12)14-10(28)8(26)5(36-14)2-35-40(31,32)39-41(33,34)38-15-11(29)9(27)7(25)4(37-15)1-20-23-18;;/h3-5,7-11,14-15,25-29H,1-2H2,(H,31,32)(H,33,34)(H3,17,21,22,30);;/q;2*+1/p-2/t4-,5+,7+,8+,9+,10+,11-,14+,15?;;/m0../s1. The van der Waals surface area contributed by atoms with Gasteiger partial charge in [-0.3, -0.25) is 28.0 Å². The van der Waals surface area contributed by atoms with Gasteiger partial charge in [0.25, 0.3) is 21.2 Å². The fraction of sp³-hybridized carbons (Fsp3) is 0.688. The summed E-state index contributed by atoms with van der Waals surface area (Å²) >= 11 is 0. The van der Waals surface area contributed by atoms with Gasteiger partial charge in [-0.05, 0) is 5.53 Å². The molecule has 3 unspecified atom stereocenters. The van der Waals surface area contributed by atoms with Crippen LogP contribution in [0.1, 0.15) is 6.23 Å². The molecule has 11 atom stereocenters. The summed E-state index contributed by atoms with van der Waals surface area (Å²) in [5.41, 5.74) is 12.9. The van der Waals surface area contributed by atoms with Gasteiger partial charge in [0.05, 0.1) is 25.6 Å². The first kappa shape index (κ1) is 38.6. The molecule has 2 fully saturated rings. The number of rotatable bonds is 10. The number of hydrogen-bond donors (Lipinski definition) is 7. The van der Waals surface area contributed by atoms with E-state index in [1.54, 1.807) is 0 Å². The van der Waals surface area contributed by atoms with Crippen LogP contribution in [0, 0.1) is 0 Å². The molecule has 43 heavy (non-hydrogen) atoms. The topological polar surface area (TPSA) is 366 Å². The number of nitrogens with zero attached hydrogens (tertiary/aromatic N) is 6. The second kappa shape index (κ2) is 15.4. The SMILES string of the molecule is [N-]=[N+]=NC[C@@H]1OC(OP(=O)([O-])OP(=O)([O-])OC[C@H]2O[C@@H](n3cnc4c(=O)[nH]c(N)nc43)[C@H](O)[C@@H]2O)[C@@H](O)[C@H](O)[C@@H]1O.[Na+].[Na+]. The van der Waals surface area contributed by atoms with Crippen molar-refractivity contribution in [2.24, 2.45) is 5.11 Å². The number of H-pyrrole nitrogens is 1. The summed E-state index contributed by atoms with van der Waals surface area (Å²) in [6, 6.07) is 0. The molecule has 0 aliphatic carbocycles. The number of aliphatic hydroxyl groups is 5. The Kier molecular flexibility index (Phi) is 13.8. The molecule has 8 N–H and O–H groups in total. The molecule has 2 aromatic rings. The third-order valence-corrected chi connectivity index (χ3v) is 8.42. The maximum absolute atomic E-state index is 12.2. The zero-order valence-electron chi connectivity index (χ0n) is 22.2. The Bertz CT molecular complexity index is 1480. The van der Waals surface area contributed by atoms with Gasteiger partial charge in [0, 0.05) is 4.91 Å². The molecule has 27 heteroatoms. The molecule has 0 spiro atoms. The van der Waals surface area contributed by atoms with Gasteiger partial charge in [0.1, 0.15) is 36.6 Å². The van der Waals surface area contributed by atoms with Crippen molar-refractivity contribution in [3.05, 3.63) is 27.1 Å². The maximum atomic E-state index is 12.2. The number of aromatic amines is 1. The van der Waals surface area contributed by atoms with Gasteiger partial charge < -0.3 is 55.1 Å². The Morgan fingerprint density at radius 1 is 1.07 bits per heavy atom. The van der Waals surface area contributed by atoms with Crippen molar-refractivity contribution in [1.29, 1.82) is 0 Å². The summed E-state index contributed by atoms with van der Waals surface area (Å²) in [7, 11) is -11.8. The van der Waals surface area contributed by atoms with E-state index in [0.717, 1.165) is 10.9 Å². The minimum absolute atomic E-state index is 0. The van der Waals surface area contributed by atoms with Gasteiger partial charge >= 0.3 is 59.1 Å². The Morgan fingerprint density at radius 2 is 1.72 bits per heavy atom. The number of fused-ring (bicyclic) bond motifs is 1. The second-order valence-electron chi connectivity index (χ2n) is 8.63. The Labute approximate surface area is 283 Å². The summed E-state index contributed by atoms with van der Waals surface area (Å²) in [4.78, 5) is 48.7. The van der Waals surface area contributed by atoms with Crippen molar-refractivity contribution in [3.8, 4) is 0 Å². The van der Waals surface area contributed by atoms with Gasteiger partial charge in [-0.2, -0.15) is 4.98 Å². The zero-order chi connectivity index (χ0) is 30.3. The number of aliphatic hydroxyl groups excluding tert-OH is 5. The molecule has 2 aliphatic rings. The number of phosphoric ester groups is 2. The van der Waals surface area contributed by atoms with Crippen molar-refractivity contribution in [1.82, 2.24) is 19.5 Å². The normalized spacial score (nSPS) is 33.4. The van der Waals surface area contributed by atoms with Gasteiger partial charge in [0.15, 0.2) is 23.7 Å². The van der Waals surface area contributed by atoms with E-state index in [2.05, 4.69) is 38.3 Å². The van der Waals surface area contributed by atoms with Crippen molar-refractivity contribution in [2.75, 3.05) is 18.9 Å². The molecular weight excluding hydrogens is 652 g/mol. The van der Waals surface area contributed by atoms with Crippen LogP contribution in [0.15, 0.2) is 16.2 Å². The van der Waals surface area contributed by atoms with Crippen LogP contribution in [0.2, 0.25) is 0 Å². The molecule has 23 nitrogen and oxygen atoms in total. The first-order valence-corrected chi connectivity index (χ1v) is 14.2. The minimum atomic E-state index is -5.95. The van der Waals surface area contributed by atoms with E-state index >= 15 is 0 Å². The van der Waals surface area contributed by atoms with Crippen molar-refractivity contribution >= 4 is 32.8 Å². The monoisotopic (exact) mass is 674 g/mol. The number of nitrogen functional groups attached to an aromatic ring is 1. The molecule has 4 rings (SSSR count). The summed E-state index contributed by atoms with van der Waals surface area (Å²) in [6.07, 6.45) is -15.5. The van der Waals surface area contributed by atoms with Crippen LogP contribution >= 0.6 is 15.6 Å². The fourth-order valence-corrected chi connectivity index (χ4v) is 6.04. The minimum Gasteiger partial charge on any atom is -0.756 e. The predicted molar refractivity (Wildman–Crippen MR) is 123 cm³/mol. The van der Waals surface area contributed by atoms with Crippen LogP contribution in [0.3, 0.4) is 0 Å². The summed E-state index contributed by atoms with van der Waals surface area (Å²) < 4.78 is 48.5. The smallest absolute Gasteiger partial charge is 0.756 e. The Morgan fingerprint density at radius 3 is 2.37 bits per heavy atom. The van der Waals surface area contributed by atoms with Crippen molar-refractivity contribution in [3.63, 3.8) is 0 Å². The third kappa shape index (κ3) is 8.83. The molecule has 0 aromatic carbocycles. The number of aromatic nitrogens is 4. The number of anilines is 1. The molecule has 0 saturated carbocycles. The van der Waals surface area contributed by atoms with Crippen LogP contribution in [0.4, 0.5) is 5.95 Å². The van der Waals surface area contributed by atoms with Crippen LogP contribution in [0.25, 0.3) is 21.6 Å². The number of nitrogens with one attached hydrogen (secondary N) is 1. The molecule has 0 amide bonds. The van der Waals surface area contributed by atoms with Gasteiger partial charge in [-0.1, -0.05) is 5.11 Å². The number of nitrogens with two attached hydrogens (primary N) is 1. The zero-order valence-corrected chi connectivity index (χ0v) is 28.0. The quantitative estimate of drug-likeness (QED) is 0.0404. The van der Waals surface area contributed by atoms with E-state index in [4.69, 9.17) is 20.7 Å². The van der Waals surface area contributed by atoms with Gasteiger partial charge in [0.2, 0.25) is 5.95 Å². The van der Waals surface area contributed by atoms with Crippen LogP contribution in [-0.2, 0) is 32.0 Å². The van der Waals surface area contributed by atoms with Gasteiger partial charge in [-0.25, -0.2) is 9.29 Å². The summed E-state index contributed by atoms with van der Waals surface area (Å²) in [6.45, 7) is -1.72. The van der Waals surface area contributed by atoms with E-state index in [9.17, 15) is 49.2 Å². The second-order valence-corrected chi connectivity index (χ2v) is 11.5. The summed E-state index contributed by atoms with van der Waals surface area (Å²) in [5, 5.41) is 53.5. The van der Waals surface area contributed by atoms with Crippen LogP contribution in [0.5, 0.6) is 0 Å². The first-order chi connectivity index (χ1) is 19.1. The fourth-order valence-electron chi connectivity index (χ4n) is 3.95. The number of hydrogen-bond acceptors (Lipinski definition) is 19. The molecule has 2 aliphatic heterocycles. The van der Waals surface area contributed by atoms with E-state index in [1.807, 2.05) is 0 Å². The number of ether oxygens (including phenoxy) is 2. The molecule has 0 radical (unpaired) electrons. The molecule has 228 valence electrons. The Balaban J connectivity index is 0.00000323. The van der Waals surface area contributed by atoms with Crippen molar-refractivity contribution < 1.29 is 126 Å². The molecular formula is C16H22N8Na2O15P2. The average Bonchev–Trinajstić information content (AvgIpc) is 3.42. The van der Waals surface area contributed by atoms with E-state index in [0.29, 0.717) is 0 Å². The van der Waals surface area contributed by atoms with E-state index in [1.165, 1.54) is 0 Å². The number of phosphoric acid groups is 2. The number of imidazole rings is 1. The molecule has 2 saturated heterocycles. The van der Waals surface area contributed by atoms with E-state index in [-0.39, 0.29) is 76.2 Å². The Hall–Kier alpha value is -0.560. The van der Waals surface area contributed by atoms with Crippen molar-refractivity contribution in [2.45, 2.75) is 55.2 Å². The summed E-state index contributed by atoms with van der Waals surface area (Å²) in [5.74, 6) is -0.297. The first-order valence-electron chi connectivity index (χ1n) is 11.2. The molecule has 2 aromatic heterocycles. The van der Waals surface area contributed by atoms with Crippen LogP contribution < -0.4 is 80.2 Å². The van der Waals surface area contributed by atoms with Gasteiger partial charge in [-0.15, -0.1) is 0 Å². The predicted octanol–water partition coefficient (Wildman–Crippen LogP) is -10.6. The largest absolute Gasteiger partial charge is 1.00 e. The van der Waals surface area contributed by atoms with Crippen LogP contribution in [-0.4, -0.2) is 107 Å². The maximum Gasteiger partial charge on any atom is 1.00 e. The molecule has 4 heterocycles. The molecule has 0 bridgehead atoms. The van der Waals surface area contributed by atoms with E-state index < -0.39 is 89.6 Å².